The average molecular weight is 379 g/mol. The average Bonchev–Trinajstić information content (AvgIpc) is 2.63. The van der Waals surface area contributed by atoms with E-state index in [1.54, 1.807) is 7.11 Å². The SMILES string of the molecule is COCC(=O)N1CCC[C@@]2(CN(CC=C(C)CCC=C(C)C)CC[C@H]2O)C1. The van der Waals surface area contributed by atoms with Crippen molar-refractivity contribution >= 4 is 5.91 Å². The molecule has 2 fully saturated rings. The lowest BCUT2D eigenvalue weighted by atomic mass is 9.71. The Morgan fingerprint density at radius 1 is 1.22 bits per heavy atom. The molecule has 0 unspecified atom stereocenters. The summed E-state index contributed by atoms with van der Waals surface area (Å²) in [6, 6.07) is 0. The second kappa shape index (κ2) is 10.4. The zero-order valence-electron chi connectivity index (χ0n) is 17.7. The van der Waals surface area contributed by atoms with Gasteiger partial charge in [0.1, 0.15) is 6.61 Å². The molecular weight excluding hydrogens is 340 g/mol. The molecule has 0 aliphatic carbocycles. The number of hydrogen-bond donors (Lipinski definition) is 1. The van der Waals surface area contributed by atoms with Gasteiger partial charge < -0.3 is 14.7 Å². The van der Waals surface area contributed by atoms with E-state index in [9.17, 15) is 9.90 Å². The van der Waals surface area contributed by atoms with E-state index in [0.717, 1.165) is 58.3 Å². The maximum absolute atomic E-state index is 12.3. The summed E-state index contributed by atoms with van der Waals surface area (Å²) in [4.78, 5) is 16.6. The molecule has 0 saturated carbocycles. The molecule has 1 N–H and O–H groups in total. The summed E-state index contributed by atoms with van der Waals surface area (Å²) in [6.07, 6.45) is 9.24. The van der Waals surface area contributed by atoms with Crippen molar-refractivity contribution in [3.8, 4) is 0 Å². The summed E-state index contributed by atoms with van der Waals surface area (Å²) < 4.78 is 5.02. The van der Waals surface area contributed by atoms with Gasteiger partial charge in [0.05, 0.1) is 6.10 Å². The Labute approximate surface area is 165 Å². The molecule has 0 radical (unpaired) electrons. The van der Waals surface area contributed by atoms with Gasteiger partial charge >= 0.3 is 0 Å². The van der Waals surface area contributed by atoms with Crippen LogP contribution in [-0.2, 0) is 9.53 Å². The Morgan fingerprint density at radius 3 is 2.70 bits per heavy atom. The fraction of sp³-hybridized carbons (Fsp3) is 0.773. The fourth-order valence-corrected chi connectivity index (χ4v) is 4.36. The smallest absolute Gasteiger partial charge is 0.248 e. The third-order valence-electron chi connectivity index (χ3n) is 5.98. The molecule has 154 valence electrons. The molecule has 2 atom stereocenters. The lowest BCUT2D eigenvalue weighted by molar-refractivity contribution is -0.144. The summed E-state index contributed by atoms with van der Waals surface area (Å²) in [5.74, 6) is 0.0379. The van der Waals surface area contributed by atoms with E-state index in [2.05, 4.69) is 37.8 Å². The zero-order valence-corrected chi connectivity index (χ0v) is 17.7. The highest BCUT2D eigenvalue weighted by molar-refractivity contribution is 5.77. The molecule has 1 amide bonds. The number of aliphatic hydroxyl groups excluding tert-OH is 1. The van der Waals surface area contributed by atoms with E-state index in [1.807, 2.05) is 4.90 Å². The first-order valence-corrected chi connectivity index (χ1v) is 10.3. The molecule has 0 bridgehead atoms. The molecule has 2 aliphatic rings. The Bertz CT molecular complexity index is 554. The first kappa shape index (κ1) is 22.1. The highest BCUT2D eigenvalue weighted by Crippen LogP contribution is 2.38. The van der Waals surface area contributed by atoms with Crippen LogP contribution in [0.3, 0.4) is 0 Å². The Balaban J connectivity index is 1.94. The third-order valence-corrected chi connectivity index (χ3v) is 5.98. The summed E-state index contributed by atoms with van der Waals surface area (Å²) in [5, 5.41) is 10.8. The van der Waals surface area contributed by atoms with Crippen LogP contribution in [-0.4, -0.2) is 73.4 Å². The number of amides is 1. The lowest BCUT2D eigenvalue weighted by Gasteiger charge is -2.51. The maximum atomic E-state index is 12.3. The molecule has 0 aromatic carbocycles. The van der Waals surface area contributed by atoms with Gasteiger partial charge in [-0.15, -0.1) is 0 Å². The molecule has 5 heteroatoms. The topological polar surface area (TPSA) is 53.0 Å². The highest BCUT2D eigenvalue weighted by Gasteiger charge is 2.46. The predicted octanol–water partition coefficient (Wildman–Crippen LogP) is 3.00. The Kier molecular flexibility index (Phi) is 8.52. The summed E-state index contributed by atoms with van der Waals surface area (Å²) in [7, 11) is 1.56. The van der Waals surface area contributed by atoms with E-state index in [1.165, 1.54) is 11.1 Å². The zero-order chi connectivity index (χ0) is 19.9. The predicted molar refractivity (Wildman–Crippen MR) is 110 cm³/mol. The van der Waals surface area contributed by atoms with Crippen molar-refractivity contribution in [2.75, 3.05) is 46.4 Å². The van der Waals surface area contributed by atoms with Crippen molar-refractivity contribution < 1.29 is 14.6 Å². The number of aliphatic hydroxyl groups is 1. The quantitative estimate of drug-likeness (QED) is 0.692. The van der Waals surface area contributed by atoms with Crippen molar-refractivity contribution in [2.45, 2.75) is 59.0 Å². The van der Waals surface area contributed by atoms with Crippen molar-refractivity contribution in [3.63, 3.8) is 0 Å². The minimum absolute atomic E-state index is 0.0379. The Hall–Kier alpha value is -1.17. The van der Waals surface area contributed by atoms with Gasteiger partial charge in [-0.3, -0.25) is 9.69 Å². The second-order valence-corrected chi connectivity index (χ2v) is 8.62. The fourth-order valence-electron chi connectivity index (χ4n) is 4.36. The number of likely N-dealkylation sites (tertiary alicyclic amines) is 2. The lowest BCUT2D eigenvalue weighted by Crippen LogP contribution is -2.60. The molecule has 27 heavy (non-hydrogen) atoms. The van der Waals surface area contributed by atoms with Crippen LogP contribution in [0.25, 0.3) is 0 Å². The van der Waals surface area contributed by atoms with Crippen LogP contribution < -0.4 is 0 Å². The van der Waals surface area contributed by atoms with Crippen LogP contribution in [0.5, 0.6) is 0 Å². The number of ether oxygens (including phenoxy) is 1. The van der Waals surface area contributed by atoms with Gasteiger partial charge in [-0.25, -0.2) is 0 Å². The van der Waals surface area contributed by atoms with Crippen molar-refractivity contribution in [3.05, 3.63) is 23.3 Å². The van der Waals surface area contributed by atoms with Crippen molar-refractivity contribution in [1.29, 1.82) is 0 Å². The molecule has 1 spiro atoms. The first-order chi connectivity index (χ1) is 12.9. The van der Waals surface area contributed by atoms with Crippen LogP contribution in [0.1, 0.15) is 52.9 Å². The summed E-state index contributed by atoms with van der Waals surface area (Å²) >= 11 is 0. The molecule has 2 rings (SSSR count). The number of nitrogens with zero attached hydrogens (tertiary/aromatic N) is 2. The monoisotopic (exact) mass is 378 g/mol. The van der Waals surface area contributed by atoms with E-state index >= 15 is 0 Å². The van der Waals surface area contributed by atoms with E-state index in [0.29, 0.717) is 6.54 Å². The molecule has 2 saturated heterocycles. The number of carbonyl (C=O) groups excluding carboxylic acids is 1. The Morgan fingerprint density at radius 2 is 2.00 bits per heavy atom. The highest BCUT2D eigenvalue weighted by atomic mass is 16.5. The van der Waals surface area contributed by atoms with Gasteiger partial charge in [0, 0.05) is 45.2 Å². The maximum Gasteiger partial charge on any atom is 0.248 e. The minimum atomic E-state index is -0.324. The van der Waals surface area contributed by atoms with Crippen molar-refractivity contribution in [1.82, 2.24) is 9.80 Å². The van der Waals surface area contributed by atoms with Crippen LogP contribution in [0.4, 0.5) is 0 Å². The largest absolute Gasteiger partial charge is 0.392 e. The van der Waals surface area contributed by atoms with Gasteiger partial charge in [-0.05, 0) is 52.9 Å². The molecule has 0 aromatic heterocycles. The van der Waals surface area contributed by atoms with E-state index in [-0.39, 0.29) is 24.0 Å². The van der Waals surface area contributed by atoms with Crippen LogP contribution in [0.15, 0.2) is 23.3 Å². The second-order valence-electron chi connectivity index (χ2n) is 8.62. The van der Waals surface area contributed by atoms with Crippen LogP contribution in [0.2, 0.25) is 0 Å². The standard InChI is InChI=1S/C22H38N2O3/c1-18(2)7-5-8-19(3)9-13-23-14-10-20(25)22(16-23)11-6-12-24(17-22)21(26)15-27-4/h7,9,20,25H,5-6,8,10-17H2,1-4H3/t20-,22-/m1/s1. The number of allylic oxidation sites excluding steroid dienone is 3. The summed E-state index contributed by atoms with van der Waals surface area (Å²) in [5.41, 5.74) is 2.61. The minimum Gasteiger partial charge on any atom is -0.392 e. The van der Waals surface area contributed by atoms with Gasteiger partial charge in [0.15, 0.2) is 0 Å². The number of methoxy groups -OCH3 is 1. The normalized spacial score (nSPS) is 27.1. The first-order valence-electron chi connectivity index (χ1n) is 10.3. The molecular formula is C22H38N2O3. The number of carbonyl (C=O) groups is 1. The van der Waals surface area contributed by atoms with E-state index < -0.39 is 0 Å². The van der Waals surface area contributed by atoms with E-state index in [4.69, 9.17) is 4.74 Å². The van der Waals surface area contributed by atoms with Gasteiger partial charge in [-0.1, -0.05) is 23.3 Å². The molecule has 2 heterocycles. The molecule has 2 aliphatic heterocycles. The molecule has 0 aromatic rings. The summed E-state index contributed by atoms with van der Waals surface area (Å²) in [6.45, 7) is 10.8. The van der Waals surface area contributed by atoms with Crippen LogP contribution in [0, 0.1) is 5.41 Å². The number of rotatable bonds is 7. The van der Waals surface area contributed by atoms with Crippen LogP contribution >= 0.6 is 0 Å². The number of piperidine rings is 2. The molecule has 5 nitrogen and oxygen atoms in total. The van der Waals surface area contributed by atoms with Gasteiger partial charge in [-0.2, -0.15) is 0 Å². The van der Waals surface area contributed by atoms with Gasteiger partial charge in [0.2, 0.25) is 5.91 Å². The van der Waals surface area contributed by atoms with Crippen molar-refractivity contribution in [2.24, 2.45) is 5.41 Å². The number of hydrogen-bond acceptors (Lipinski definition) is 4. The van der Waals surface area contributed by atoms with Gasteiger partial charge in [0.25, 0.3) is 0 Å². The third kappa shape index (κ3) is 6.44.